The van der Waals surface area contributed by atoms with Crippen LogP contribution in [0, 0.1) is 0 Å². The quantitative estimate of drug-likeness (QED) is 0.871. The molecule has 0 amide bonds. The molecule has 2 rings (SSSR count). The second-order valence-electron chi connectivity index (χ2n) is 5.17. The Morgan fingerprint density at radius 1 is 1.30 bits per heavy atom. The predicted molar refractivity (Wildman–Crippen MR) is 68.7 cm³/mol. The van der Waals surface area contributed by atoms with Crippen LogP contribution in [0.4, 0.5) is 24.9 Å². The van der Waals surface area contributed by atoms with Crippen LogP contribution in [0.1, 0.15) is 25.5 Å². The predicted octanol–water partition coefficient (Wildman–Crippen LogP) is 1.89. The summed E-state index contributed by atoms with van der Waals surface area (Å²) in [5.74, 6) is 0.166. The number of hydrogen-bond donors (Lipinski definition) is 2. The average Bonchev–Trinajstić information content (AvgIpc) is 2.37. The minimum absolute atomic E-state index is 0.0628. The fourth-order valence-electron chi connectivity index (χ4n) is 2.07. The van der Waals surface area contributed by atoms with Crippen LogP contribution in [0.2, 0.25) is 0 Å². The number of nitrogens with zero attached hydrogens (tertiary/aromatic N) is 3. The van der Waals surface area contributed by atoms with E-state index in [1.54, 1.807) is 11.8 Å². The first-order valence-electron chi connectivity index (χ1n) is 6.33. The van der Waals surface area contributed by atoms with Crippen molar-refractivity contribution in [3.8, 4) is 0 Å². The van der Waals surface area contributed by atoms with Gasteiger partial charge < -0.3 is 15.3 Å². The van der Waals surface area contributed by atoms with Gasteiger partial charge in [0.2, 0.25) is 5.95 Å². The Morgan fingerprint density at radius 2 is 1.90 bits per heavy atom. The van der Waals surface area contributed by atoms with Crippen molar-refractivity contribution in [3.63, 3.8) is 0 Å². The molecule has 112 valence electrons. The van der Waals surface area contributed by atoms with E-state index in [1.807, 2.05) is 0 Å². The summed E-state index contributed by atoms with van der Waals surface area (Å²) in [6.07, 6.45) is -3.52. The Hall–Kier alpha value is -1.57. The molecular weight excluding hydrogens is 273 g/mol. The molecule has 0 spiro atoms. The van der Waals surface area contributed by atoms with Crippen molar-refractivity contribution < 1.29 is 18.3 Å². The highest BCUT2D eigenvalue weighted by atomic mass is 19.4. The van der Waals surface area contributed by atoms with E-state index in [9.17, 15) is 18.3 Å². The topological polar surface area (TPSA) is 61.3 Å². The molecule has 8 heteroatoms. The molecule has 0 radical (unpaired) electrons. The summed E-state index contributed by atoms with van der Waals surface area (Å²) >= 11 is 0. The van der Waals surface area contributed by atoms with Crippen molar-refractivity contribution in [2.75, 3.05) is 30.4 Å². The summed E-state index contributed by atoms with van der Waals surface area (Å²) in [4.78, 5) is 9.21. The first-order valence-corrected chi connectivity index (χ1v) is 6.33. The van der Waals surface area contributed by atoms with Crippen LogP contribution >= 0.6 is 0 Å². The number of rotatable bonds is 2. The molecular formula is C12H17F3N4O. The summed E-state index contributed by atoms with van der Waals surface area (Å²) in [6, 6.07) is 0.945. The summed E-state index contributed by atoms with van der Waals surface area (Å²) in [7, 11) is 1.47. The third kappa shape index (κ3) is 3.30. The molecule has 0 atom stereocenters. The van der Waals surface area contributed by atoms with E-state index in [0.29, 0.717) is 25.9 Å². The largest absolute Gasteiger partial charge is 0.433 e. The first-order chi connectivity index (χ1) is 9.21. The van der Waals surface area contributed by atoms with Crippen LogP contribution in [-0.2, 0) is 6.18 Å². The maximum atomic E-state index is 12.8. The standard InChI is InChI=1S/C12H17F3N4O/c1-11(20)3-5-19(6-4-11)9-7-8(12(13,14)15)17-10(16-2)18-9/h7,20H,3-6H2,1-2H3,(H,16,17,18). The van der Waals surface area contributed by atoms with E-state index in [4.69, 9.17) is 0 Å². The van der Waals surface area contributed by atoms with Gasteiger partial charge >= 0.3 is 6.18 Å². The number of halogens is 3. The zero-order valence-electron chi connectivity index (χ0n) is 11.3. The second-order valence-corrected chi connectivity index (χ2v) is 5.17. The van der Waals surface area contributed by atoms with Crippen molar-refractivity contribution >= 4 is 11.8 Å². The number of nitrogens with one attached hydrogen (secondary N) is 1. The van der Waals surface area contributed by atoms with Crippen molar-refractivity contribution in [1.29, 1.82) is 0 Å². The monoisotopic (exact) mass is 290 g/mol. The number of piperidine rings is 1. The summed E-state index contributed by atoms with van der Waals surface area (Å²) in [5, 5.41) is 12.4. The molecule has 0 unspecified atom stereocenters. The number of anilines is 2. The van der Waals surface area contributed by atoms with Crippen LogP contribution in [0.5, 0.6) is 0 Å². The van der Waals surface area contributed by atoms with Crippen LogP contribution in [0.15, 0.2) is 6.07 Å². The van der Waals surface area contributed by atoms with E-state index in [1.165, 1.54) is 7.05 Å². The lowest BCUT2D eigenvalue weighted by atomic mass is 9.94. The van der Waals surface area contributed by atoms with E-state index >= 15 is 0 Å². The van der Waals surface area contributed by atoms with Gasteiger partial charge in [0.05, 0.1) is 5.60 Å². The third-order valence-corrected chi connectivity index (χ3v) is 3.39. The Morgan fingerprint density at radius 3 is 2.40 bits per heavy atom. The summed E-state index contributed by atoms with van der Waals surface area (Å²) in [5.41, 5.74) is -1.73. The maximum Gasteiger partial charge on any atom is 0.433 e. The van der Waals surface area contributed by atoms with Gasteiger partial charge in [-0.25, -0.2) is 4.98 Å². The second kappa shape index (κ2) is 5.08. The number of aromatic nitrogens is 2. The smallest absolute Gasteiger partial charge is 0.390 e. The average molecular weight is 290 g/mol. The molecule has 0 aromatic carbocycles. The lowest BCUT2D eigenvalue weighted by Crippen LogP contribution is -2.43. The van der Waals surface area contributed by atoms with Crippen molar-refractivity contribution in [1.82, 2.24) is 9.97 Å². The lowest BCUT2D eigenvalue weighted by molar-refractivity contribution is -0.141. The third-order valence-electron chi connectivity index (χ3n) is 3.39. The molecule has 1 saturated heterocycles. The van der Waals surface area contributed by atoms with Gasteiger partial charge in [-0.3, -0.25) is 0 Å². The molecule has 0 saturated carbocycles. The molecule has 0 aliphatic carbocycles. The van der Waals surface area contributed by atoms with Gasteiger partial charge in [0, 0.05) is 26.2 Å². The van der Waals surface area contributed by atoms with Gasteiger partial charge in [0.1, 0.15) is 5.82 Å². The maximum absolute atomic E-state index is 12.8. The SMILES string of the molecule is CNc1nc(N2CCC(C)(O)CC2)cc(C(F)(F)F)n1. The first kappa shape index (κ1) is 14.8. The minimum Gasteiger partial charge on any atom is -0.390 e. The molecule has 1 fully saturated rings. The number of aliphatic hydroxyl groups is 1. The molecule has 1 aromatic rings. The molecule has 1 aromatic heterocycles. The van der Waals surface area contributed by atoms with Crippen LogP contribution in [0.3, 0.4) is 0 Å². The molecule has 0 bridgehead atoms. The fourth-order valence-corrected chi connectivity index (χ4v) is 2.07. The van der Waals surface area contributed by atoms with E-state index in [-0.39, 0.29) is 11.8 Å². The van der Waals surface area contributed by atoms with Crippen molar-refractivity contribution in [2.45, 2.75) is 31.5 Å². The van der Waals surface area contributed by atoms with Gasteiger partial charge in [0.15, 0.2) is 5.69 Å². The van der Waals surface area contributed by atoms with Crippen molar-refractivity contribution in [2.24, 2.45) is 0 Å². The van der Waals surface area contributed by atoms with E-state index in [0.717, 1.165) is 6.07 Å². The Bertz CT molecular complexity index is 480. The number of alkyl halides is 3. The normalized spacial score (nSPS) is 19.0. The highest BCUT2D eigenvalue weighted by Gasteiger charge is 2.35. The van der Waals surface area contributed by atoms with Crippen LogP contribution in [-0.4, -0.2) is 40.8 Å². The van der Waals surface area contributed by atoms with Gasteiger partial charge in [-0.1, -0.05) is 0 Å². The van der Waals surface area contributed by atoms with Crippen LogP contribution in [0.25, 0.3) is 0 Å². The zero-order chi connectivity index (χ0) is 15.0. The molecule has 2 heterocycles. The highest BCUT2D eigenvalue weighted by Crippen LogP contribution is 2.32. The van der Waals surface area contributed by atoms with Gasteiger partial charge in [-0.15, -0.1) is 0 Å². The van der Waals surface area contributed by atoms with Crippen molar-refractivity contribution in [3.05, 3.63) is 11.8 Å². The molecule has 1 aliphatic heterocycles. The molecule has 20 heavy (non-hydrogen) atoms. The van der Waals surface area contributed by atoms with Gasteiger partial charge in [-0.2, -0.15) is 18.2 Å². The molecule has 1 aliphatic rings. The Kier molecular flexibility index (Phi) is 3.77. The molecule has 5 nitrogen and oxygen atoms in total. The van der Waals surface area contributed by atoms with E-state index in [2.05, 4.69) is 15.3 Å². The highest BCUT2D eigenvalue weighted by molar-refractivity contribution is 5.46. The fraction of sp³-hybridized carbons (Fsp3) is 0.667. The lowest BCUT2D eigenvalue weighted by Gasteiger charge is -2.36. The summed E-state index contributed by atoms with van der Waals surface area (Å²) in [6.45, 7) is 2.65. The van der Waals surface area contributed by atoms with Crippen LogP contribution < -0.4 is 10.2 Å². The van der Waals surface area contributed by atoms with Gasteiger partial charge in [0.25, 0.3) is 0 Å². The van der Waals surface area contributed by atoms with E-state index < -0.39 is 17.5 Å². The molecule has 2 N–H and O–H groups in total. The minimum atomic E-state index is -4.51. The summed E-state index contributed by atoms with van der Waals surface area (Å²) < 4.78 is 38.4. The van der Waals surface area contributed by atoms with Gasteiger partial charge in [-0.05, 0) is 19.8 Å². The Labute approximate surface area is 114 Å². The zero-order valence-corrected chi connectivity index (χ0v) is 11.3. The Balaban J connectivity index is 2.28. The number of hydrogen-bond acceptors (Lipinski definition) is 5.